The van der Waals surface area contributed by atoms with Gasteiger partial charge in [-0.2, -0.15) is 0 Å². The maximum atomic E-state index is 11.5. The van der Waals surface area contributed by atoms with Crippen molar-refractivity contribution >= 4 is 15.9 Å². The number of amides is 1. The Bertz CT molecular complexity index is 514. The fourth-order valence-electron chi connectivity index (χ4n) is 1.77. The van der Waals surface area contributed by atoms with Crippen LogP contribution in [0.4, 0.5) is 0 Å². The van der Waals surface area contributed by atoms with Crippen LogP contribution in [0.5, 0.6) is 0 Å². The van der Waals surface area contributed by atoms with E-state index in [-0.39, 0.29) is 18.2 Å². The highest BCUT2D eigenvalue weighted by atomic mass is 32.2. The van der Waals surface area contributed by atoms with Crippen molar-refractivity contribution in [1.82, 2.24) is 9.62 Å². The van der Waals surface area contributed by atoms with Crippen LogP contribution in [0.25, 0.3) is 0 Å². The van der Waals surface area contributed by atoms with Crippen LogP contribution in [0.3, 0.4) is 0 Å². The summed E-state index contributed by atoms with van der Waals surface area (Å²) in [6.07, 6.45) is 0.765. The summed E-state index contributed by atoms with van der Waals surface area (Å²) in [7, 11) is -3.20. The molecule has 1 N–H and O–H groups in total. The second kappa shape index (κ2) is 8.01. The van der Waals surface area contributed by atoms with Crippen molar-refractivity contribution in [3.63, 3.8) is 0 Å². The predicted octanol–water partition coefficient (Wildman–Crippen LogP) is 1.02. The summed E-state index contributed by atoms with van der Waals surface area (Å²) in [5.74, 6) is 0.00788. The first kappa shape index (κ1) is 16.7. The average Bonchev–Trinajstić information content (AvgIpc) is 2.43. The third-order valence-corrected chi connectivity index (χ3v) is 4.45. The van der Waals surface area contributed by atoms with E-state index in [2.05, 4.69) is 4.72 Å². The zero-order valence-corrected chi connectivity index (χ0v) is 12.8. The molecule has 0 aliphatic rings. The lowest BCUT2D eigenvalue weighted by Crippen LogP contribution is -2.38. The highest BCUT2D eigenvalue weighted by Gasteiger charge is 2.11. The summed E-state index contributed by atoms with van der Waals surface area (Å²) < 4.78 is 25.1. The molecular formula is C14H22N2O3S. The molecule has 1 aromatic carbocycles. The Morgan fingerprint density at radius 2 is 1.85 bits per heavy atom. The molecule has 0 aliphatic heterocycles. The van der Waals surface area contributed by atoms with E-state index in [1.807, 2.05) is 30.3 Å². The van der Waals surface area contributed by atoms with Gasteiger partial charge in [-0.25, -0.2) is 13.1 Å². The van der Waals surface area contributed by atoms with Crippen molar-refractivity contribution < 1.29 is 13.2 Å². The van der Waals surface area contributed by atoms with E-state index in [0.29, 0.717) is 13.1 Å². The molecule has 0 aliphatic carbocycles. The normalized spacial score (nSPS) is 11.3. The van der Waals surface area contributed by atoms with Crippen molar-refractivity contribution in [2.24, 2.45) is 0 Å². The van der Waals surface area contributed by atoms with Crippen LogP contribution < -0.4 is 4.72 Å². The quantitative estimate of drug-likeness (QED) is 0.779. The molecule has 0 bridgehead atoms. The number of benzene rings is 1. The van der Waals surface area contributed by atoms with E-state index in [1.165, 1.54) is 6.92 Å². The van der Waals surface area contributed by atoms with Crippen molar-refractivity contribution in [3.05, 3.63) is 35.9 Å². The standard InChI is InChI=1S/C14H22N2O3S/c1-3-20(18,19)15-10-12-16(13(2)17)11-9-14-7-5-4-6-8-14/h4-8,15H,3,9-12H2,1-2H3. The number of carbonyl (C=O) groups excluding carboxylic acids is 1. The van der Waals surface area contributed by atoms with Crippen LogP contribution in [0, 0.1) is 0 Å². The Labute approximate surface area is 121 Å². The van der Waals surface area contributed by atoms with Gasteiger partial charge in [-0.3, -0.25) is 4.79 Å². The summed E-state index contributed by atoms with van der Waals surface area (Å²) in [4.78, 5) is 13.2. The maximum absolute atomic E-state index is 11.5. The number of hydrogen-bond acceptors (Lipinski definition) is 3. The summed E-state index contributed by atoms with van der Waals surface area (Å²) in [6, 6.07) is 9.90. The van der Waals surface area contributed by atoms with Gasteiger partial charge in [-0.1, -0.05) is 30.3 Å². The van der Waals surface area contributed by atoms with Crippen molar-refractivity contribution in [2.75, 3.05) is 25.4 Å². The van der Waals surface area contributed by atoms with E-state index in [4.69, 9.17) is 0 Å². The Hall–Kier alpha value is -1.40. The van der Waals surface area contributed by atoms with Crippen LogP contribution in [-0.4, -0.2) is 44.6 Å². The summed E-state index contributed by atoms with van der Waals surface area (Å²) in [6.45, 7) is 4.32. The lowest BCUT2D eigenvalue weighted by atomic mass is 10.1. The highest BCUT2D eigenvalue weighted by Crippen LogP contribution is 2.01. The van der Waals surface area contributed by atoms with Crippen LogP contribution in [0.2, 0.25) is 0 Å². The molecule has 0 spiro atoms. The second-order valence-electron chi connectivity index (χ2n) is 4.54. The Kier molecular flexibility index (Phi) is 6.67. The highest BCUT2D eigenvalue weighted by molar-refractivity contribution is 7.89. The predicted molar refractivity (Wildman–Crippen MR) is 79.9 cm³/mol. The fraction of sp³-hybridized carbons (Fsp3) is 0.500. The molecular weight excluding hydrogens is 276 g/mol. The molecule has 112 valence electrons. The molecule has 0 aromatic heterocycles. The number of nitrogens with zero attached hydrogens (tertiary/aromatic N) is 1. The Balaban J connectivity index is 2.43. The minimum Gasteiger partial charge on any atom is -0.341 e. The maximum Gasteiger partial charge on any atom is 0.219 e. The zero-order valence-electron chi connectivity index (χ0n) is 12.0. The molecule has 0 heterocycles. The largest absolute Gasteiger partial charge is 0.341 e. The van der Waals surface area contributed by atoms with Gasteiger partial charge in [0, 0.05) is 26.6 Å². The third kappa shape index (κ3) is 6.16. The molecule has 20 heavy (non-hydrogen) atoms. The fourth-order valence-corrected chi connectivity index (χ4v) is 2.38. The smallest absolute Gasteiger partial charge is 0.219 e. The molecule has 5 nitrogen and oxygen atoms in total. The topological polar surface area (TPSA) is 66.5 Å². The minimum absolute atomic E-state index is 0.0448. The van der Waals surface area contributed by atoms with Crippen molar-refractivity contribution in [3.8, 4) is 0 Å². The molecule has 1 aromatic rings. The second-order valence-corrected chi connectivity index (χ2v) is 6.63. The summed E-state index contributed by atoms with van der Waals surface area (Å²) in [5, 5.41) is 0. The molecule has 0 saturated heterocycles. The zero-order chi connectivity index (χ0) is 15.0. The average molecular weight is 298 g/mol. The molecule has 6 heteroatoms. The van der Waals surface area contributed by atoms with Gasteiger partial charge in [0.15, 0.2) is 0 Å². The number of nitrogens with one attached hydrogen (secondary N) is 1. The monoisotopic (exact) mass is 298 g/mol. The molecule has 0 atom stereocenters. The van der Waals surface area contributed by atoms with Gasteiger partial charge in [0.25, 0.3) is 0 Å². The lowest BCUT2D eigenvalue weighted by molar-refractivity contribution is -0.128. The summed E-state index contributed by atoms with van der Waals surface area (Å²) >= 11 is 0. The van der Waals surface area contributed by atoms with Crippen LogP contribution in [0.1, 0.15) is 19.4 Å². The van der Waals surface area contributed by atoms with Crippen LogP contribution in [-0.2, 0) is 21.2 Å². The lowest BCUT2D eigenvalue weighted by Gasteiger charge is -2.21. The van der Waals surface area contributed by atoms with Gasteiger partial charge in [0.2, 0.25) is 15.9 Å². The number of hydrogen-bond donors (Lipinski definition) is 1. The molecule has 0 saturated carbocycles. The first-order chi connectivity index (χ1) is 9.44. The van der Waals surface area contributed by atoms with Crippen LogP contribution in [0.15, 0.2) is 30.3 Å². The molecule has 0 unspecified atom stereocenters. The number of carbonyl (C=O) groups is 1. The van der Waals surface area contributed by atoms with Crippen LogP contribution >= 0.6 is 0 Å². The van der Waals surface area contributed by atoms with E-state index in [9.17, 15) is 13.2 Å². The van der Waals surface area contributed by atoms with Gasteiger partial charge in [-0.15, -0.1) is 0 Å². The third-order valence-electron chi connectivity index (χ3n) is 3.04. The first-order valence-electron chi connectivity index (χ1n) is 6.71. The molecule has 1 amide bonds. The van der Waals surface area contributed by atoms with E-state index in [0.717, 1.165) is 12.0 Å². The first-order valence-corrected chi connectivity index (χ1v) is 8.36. The molecule has 1 rings (SSSR count). The Morgan fingerprint density at radius 1 is 1.20 bits per heavy atom. The van der Waals surface area contributed by atoms with Gasteiger partial charge >= 0.3 is 0 Å². The van der Waals surface area contributed by atoms with E-state index >= 15 is 0 Å². The molecule has 0 fully saturated rings. The van der Waals surface area contributed by atoms with Crippen molar-refractivity contribution in [1.29, 1.82) is 0 Å². The molecule has 0 radical (unpaired) electrons. The minimum atomic E-state index is -3.20. The van der Waals surface area contributed by atoms with Gasteiger partial charge in [0.1, 0.15) is 0 Å². The van der Waals surface area contributed by atoms with E-state index in [1.54, 1.807) is 11.8 Å². The Morgan fingerprint density at radius 3 is 2.40 bits per heavy atom. The number of rotatable bonds is 8. The summed E-state index contributed by atoms with van der Waals surface area (Å²) in [5.41, 5.74) is 1.16. The number of sulfonamides is 1. The van der Waals surface area contributed by atoms with Gasteiger partial charge < -0.3 is 4.90 Å². The SMILES string of the molecule is CCS(=O)(=O)NCCN(CCc1ccccc1)C(C)=O. The van der Waals surface area contributed by atoms with Crippen molar-refractivity contribution in [2.45, 2.75) is 20.3 Å². The van der Waals surface area contributed by atoms with Gasteiger partial charge in [-0.05, 0) is 18.9 Å². The van der Waals surface area contributed by atoms with Gasteiger partial charge in [0.05, 0.1) is 5.75 Å². The van der Waals surface area contributed by atoms with E-state index < -0.39 is 10.0 Å².